The van der Waals surface area contributed by atoms with E-state index in [4.69, 9.17) is 4.74 Å². The third-order valence-electron chi connectivity index (χ3n) is 7.63. The van der Waals surface area contributed by atoms with Gasteiger partial charge in [0.05, 0.1) is 17.7 Å². The summed E-state index contributed by atoms with van der Waals surface area (Å²) in [6.07, 6.45) is 5.10. The number of carbonyl (C=O) groups excluding carboxylic acids is 1. The van der Waals surface area contributed by atoms with E-state index < -0.39 is 5.82 Å². The second-order valence-corrected chi connectivity index (χ2v) is 9.63. The van der Waals surface area contributed by atoms with Gasteiger partial charge in [0.25, 0.3) is 0 Å². The first-order valence-corrected chi connectivity index (χ1v) is 12.1. The summed E-state index contributed by atoms with van der Waals surface area (Å²) < 4.78 is 19.4. The van der Waals surface area contributed by atoms with Crippen molar-refractivity contribution in [1.82, 2.24) is 4.90 Å². The Morgan fingerprint density at radius 1 is 1.03 bits per heavy atom. The van der Waals surface area contributed by atoms with Crippen LogP contribution in [0, 0.1) is 17.1 Å². The van der Waals surface area contributed by atoms with E-state index in [9.17, 15) is 14.4 Å². The molecule has 0 saturated carbocycles. The van der Waals surface area contributed by atoms with Crippen LogP contribution in [-0.2, 0) is 11.2 Å². The van der Waals surface area contributed by atoms with E-state index in [0.717, 1.165) is 24.8 Å². The van der Waals surface area contributed by atoms with Gasteiger partial charge in [0, 0.05) is 12.0 Å². The first-order valence-electron chi connectivity index (χ1n) is 12.1. The molecule has 2 atom stereocenters. The van der Waals surface area contributed by atoms with Gasteiger partial charge in [0.15, 0.2) is 0 Å². The van der Waals surface area contributed by atoms with Crippen LogP contribution in [0.25, 0.3) is 11.1 Å². The maximum Gasteiger partial charge on any atom is 0.410 e. The summed E-state index contributed by atoms with van der Waals surface area (Å²) in [5.41, 5.74) is 7.24. The second-order valence-electron chi connectivity index (χ2n) is 9.63. The quantitative estimate of drug-likeness (QED) is 0.423. The molecule has 2 aliphatic heterocycles. The third kappa shape index (κ3) is 3.80. The SMILES string of the molecule is N#Cc1cc(F)ccc1CC1=CC2CCC(C1)N2C(=O)OCC1c2ccccc2-c2ccccc21. The molecule has 4 nitrogen and oxygen atoms in total. The number of halogens is 1. The molecule has 3 aromatic rings. The van der Waals surface area contributed by atoms with Gasteiger partial charge in [-0.2, -0.15) is 5.26 Å². The Kier molecular flexibility index (Phi) is 5.37. The van der Waals surface area contributed by atoms with E-state index in [1.807, 2.05) is 29.2 Å². The van der Waals surface area contributed by atoms with E-state index in [-0.39, 0.29) is 24.1 Å². The zero-order valence-electron chi connectivity index (χ0n) is 19.3. The number of carbonyl (C=O) groups is 1. The Labute approximate surface area is 204 Å². The molecular weight excluding hydrogens is 439 g/mol. The zero-order valence-corrected chi connectivity index (χ0v) is 19.3. The first kappa shape index (κ1) is 21.6. The van der Waals surface area contributed by atoms with Crippen LogP contribution in [0.5, 0.6) is 0 Å². The number of benzene rings is 3. The third-order valence-corrected chi connectivity index (χ3v) is 7.63. The number of ether oxygens (including phenoxy) is 1. The van der Waals surface area contributed by atoms with Crippen LogP contribution >= 0.6 is 0 Å². The van der Waals surface area contributed by atoms with Crippen molar-refractivity contribution in [2.24, 2.45) is 0 Å². The largest absolute Gasteiger partial charge is 0.448 e. The molecule has 2 unspecified atom stereocenters. The molecule has 2 bridgehead atoms. The minimum Gasteiger partial charge on any atom is -0.448 e. The summed E-state index contributed by atoms with van der Waals surface area (Å²) in [5, 5.41) is 9.37. The van der Waals surface area contributed by atoms with Gasteiger partial charge in [-0.25, -0.2) is 9.18 Å². The summed E-state index contributed by atoms with van der Waals surface area (Å²) in [4.78, 5) is 15.1. The minimum atomic E-state index is -0.399. The molecule has 1 amide bonds. The fourth-order valence-corrected chi connectivity index (χ4v) is 6.05. The van der Waals surface area contributed by atoms with E-state index in [2.05, 4.69) is 36.4 Å². The molecule has 1 saturated heterocycles. The Hall–Kier alpha value is -3.91. The zero-order chi connectivity index (χ0) is 23.9. The average molecular weight is 465 g/mol. The van der Waals surface area contributed by atoms with Gasteiger partial charge in [0.2, 0.25) is 0 Å². The minimum absolute atomic E-state index is 0.00499. The van der Waals surface area contributed by atoms with Crippen LogP contribution in [-0.4, -0.2) is 29.7 Å². The number of hydrogen-bond acceptors (Lipinski definition) is 3. The lowest BCUT2D eigenvalue weighted by Gasteiger charge is -2.33. The Bertz CT molecular complexity index is 1340. The Morgan fingerprint density at radius 2 is 1.74 bits per heavy atom. The molecule has 5 heteroatoms. The lowest BCUT2D eigenvalue weighted by atomic mass is 9.93. The van der Waals surface area contributed by atoms with Crippen LogP contribution in [0.4, 0.5) is 9.18 Å². The molecule has 0 spiro atoms. The summed E-state index contributed by atoms with van der Waals surface area (Å²) in [5.74, 6) is -0.354. The molecule has 6 rings (SSSR count). The normalized spacial score (nSPS) is 20.1. The maximum absolute atomic E-state index is 13.5. The predicted molar refractivity (Wildman–Crippen MR) is 131 cm³/mol. The van der Waals surface area contributed by atoms with Crippen LogP contribution < -0.4 is 0 Å². The van der Waals surface area contributed by atoms with Crippen molar-refractivity contribution in [2.75, 3.05) is 6.61 Å². The number of nitrogens with zero attached hydrogens (tertiary/aromatic N) is 2. The van der Waals surface area contributed by atoms with Gasteiger partial charge in [-0.1, -0.05) is 66.2 Å². The second kappa shape index (κ2) is 8.70. The highest BCUT2D eigenvalue weighted by Crippen LogP contribution is 2.45. The molecule has 35 heavy (non-hydrogen) atoms. The van der Waals surface area contributed by atoms with E-state index in [1.54, 1.807) is 6.07 Å². The van der Waals surface area contributed by atoms with Crippen LogP contribution in [0.2, 0.25) is 0 Å². The smallest absolute Gasteiger partial charge is 0.410 e. The molecule has 3 aliphatic rings. The van der Waals surface area contributed by atoms with Crippen LogP contribution in [0.3, 0.4) is 0 Å². The maximum atomic E-state index is 13.5. The van der Waals surface area contributed by atoms with Crippen molar-refractivity contribution >= 4 is 6.09 Å². The molecule has 174 valence electrons. The van der Waals surface area contributed by atoms with Crippen molar-refractivity contribution in [3.63, 3.8) is 0 Å². The molecule has 2 heterocycles. The van der Waals surface area contributed by atoms with E-state index >= 15 is 0 Å². The topological polar surface area (TPSA) is 53.3 Å². The summed E-state index contributed by atoms with van der Waals surface area (Å²) in [6.45, 7) is 0.320. The molecule has 1 aliphatic carbocycles. The van der Waals surface area contributed by atoms with Crippen molar-refractivity contribution in [3.05, 3.63) is 106 Å². The number of nitriles is 1. The van der Waals surface area contributed by atoms with Crippen LogP contribution in [0.1, 0.15) is 47.4 Å². The summed E-state index contributed by atoms with van der Waals surface area (Å²) in [6, 6.07) is 23.3. The highest BCUT2D eigenvalue weighted by atomic mass is 19.1. The van der Waals surface area contributed by atoms with E-state index in [0.29, 0.717) is 18.6 Å². The molecule has 0 radical (unpaired) electrons. The van der Waals surface area contributed by atoms with Crippen molar-refractivity contribution in [2.45, 2.75) is 43.7 Å². The Balaban J connectivity index is 1.17. The van der Waals surface area contributed by atoms with Gasteiger partial charge in [-0.3, -0.25) is 4.90 Å². The average Bonchev–Trinajstić information content (AvgIpc) is 3.35. The molecule has 1 fully saturated rings. The van der Waals surface area contributed by atoms with Crippen molar-refractivity contribution in [1.29, 1.82) is 5.26 Å². The monoisotopic (exact) mass is 464 g/mol. The highest BCUT2D eigenvalue weighted by Gasteiger charge is 2.41. The lowest BCUT2D eigenvalue weighted by Crippen LogP contribution is -2.44. The number of amides is 1. The lowest BCUT2D eigenvalue weighted by molar-refractivity contribution is 0.0849. The fraction of sp³-hybridized carbons (Fsp3) is 0.267. The van der Waals surface area contributed by atoms with Crippen molar-refractivity contribution < 1.29 is 13.9 Å². The molecule has 3 aromatic carbocycles. The first-order chi connectivity index (χ1) is 17.1. The fourth-order valence-electron chi connectivity index (χ4n) is 6.05. The Morgan fingerprint density at radius 3 is 2.43 bits per heavy atom. The molecule has 0 N–H and O–H groups in total. The van der Waals surface area contributed by atoms with Crippen LogP contribution in [0.15, 0.2) is 78.4 Å². The van der Waals surface area contributed by atoms with Gasteiger partial charge >= 0.3 is 6.09 Å². The predicted octanol–water partition coefficient (Wildman–Crippen LogP) is 6.35. The number of hydrogen-bond donors (Lipinski definition) is 0. The standard InChI is InChI=1S/C30H25FN2O2/c31-22-10-9-20(21(16-22)17-32)13-19-14-23-11-12-24(15-19)33(23)30(34)35-18-29-27-7-3-1-5-25(27)26-6-2-4-8-28(26)29/h1-10,14,16,23-24,29H,11-13,15,18H2. The van der Waals surface area contributed by atoms with Crippen molar-refractivity contribution in [3.8, 4) is 17.2 Å². The van der Waals surface area contributed by atoms with Gasteiger partial charge < -0.3 is 4.74 Å². The number of fused-ring (bicyclic) bond motifs is 5. The highest BCUT2D eigenvalue weighted by molar-refractivity contribution is 5.79. The summed E-state index contributed by atoms with van der Waals surface area (Å²) in [7, 11) is 0. The summed E-state index contributed by atoms with van der Waals surface area (Å²) >= 11 is 0. The van der Waals surface area contributed by atoms with Gasteiger partial charge in [-0.15, -0.1) is 0 Å². The van der Waals surface area contributed by atoms with E-state index in [1.165, 1.54) is 40.0 Å². The van der Waals surface area contributed by atoms with Gasteiger partial charge in [-0.05, 0) is 65.6 Å². The molecular formula is C30H25FN2O2. The molecule has 0 aromatic heterocycles. The number of rotatable bonds is 4. The van der Waals surface area contributed by atoms with Gasteiger partial charge in [0.1, 0.15) is 12.4 Å².